The van der Waals surface area contributed by atoms with Crippen molar-refractivity contribution in [1.29, 1.82) is 0 Å². The first kappa shape index (κ1) is 14.5. The summed E-state index contributed by atoms with van der Waals surface area (Å²) < 4.78 is 72.8. The average Bonchev–Trinajstić information content (AvgIpc) is 1.99. The zero-order chi connectivity index (χ0) is 12.5. The Morgan fingerprint density at radius 3 is 1.53 bits per heavy atom. The summed E-state index contributed by atoms with van der Waals surface area (Å²) in [6, 6.07) is 0. The lowest BCUT2D eigenvalue weighted by atomic mass is 9.89. The molecule has 7 heteroatoms. The second-order valence-corrected chi connectivity index (χ2v) is 3.57. The molecule has 0 amide bonds. The normalized spacial score (nSPS) is 16.6. The van der Waals surface area contributed by atoms with E-state index in [2.05, 4.69) is 0 Å². The molecule has 0 rings (SSSR count). The van der Waals surface area contributed by atoms with E-state index in [1.54, 1.807) is 0 Å². The number of alkyl halides is 6. The van der Waals surface area contributed by atoms with E-state index in [-0.39, 0.29) is 6.42 Å². The Hall–Kier alpha value is -0.460. The van der Waals surface area contributed by atoms with Crippen LogP contribution in [-0.4, -0.2) is 23.1 Å². The molecule has 0 saturated carbocycles. The third kappa shape index (κ3) is 2.99. The molecule has 0 unspecified atom stereocenters. The van der Waals surface area contributed by atoms with Crippen LogP contribution in [0, 0.1) is 5.92 Å². The van der Waals surface area contributed by atoms with Gasteiger partial charge in [0, 0.05) is 0 Å². The van der Waals surface area contributed by atoms with Crippen LogP contribution in [0.4, 0.5) is 26.3 Å². The molecular weight excluding hydrogens is 226 g/mol. The zero-order valence-corrected chi connectivity index (χ0v) is 8.21. The van der Waals surface area contributed by atoms with E-state index in [0.29, 0.717) is 0 Å². The molecule has 0 aliphatic heterocycles. The quantitative estimate of drug-likeness (QED) is 0.748. The van der Waals surface area contributed by atoms with Crippen LogP contribution in [0.15, 0.2) is 0 Å². The van der Waals surface area contributed by atoms with E-state index in [0.717, 1.165) is 0 Å². The van der Waals surface area contributed by atoms with Crippen LogP contribution in [0.5, 0.6) is 0 Å². The minimum Gasteiger partial charge on any atom is -0.374 e. The summed E-state index contributed by atoms with van der Waals surface area (Å²) in [5.74, 6) is -0.863. The number of rotatable bonds is 3. The number of halogens is 6. The molecule has 0 aromatic heterocycles. The van der Waals surface area contributed by atoms with Gasteiger partial charge in [-0.05, 0) is 12.3 Å². The fourth-order valence-corrected chi connectivity index (χ4v) is 1.04. The molecular formula is C8H12F6O. The van der Waals surface area contributed by atoms with Crippen molar-refractivity contribution in [2.75, 3.05) is 0 Å². The van der Waals surface area contributed by atoms with Crippen molar-refractivity contribution in [2.45, 2.75) is 44.6 Å². The molecule has 1 nitrogen and oxygen atoms in total. The minimum absolute atomic E-state index is 0.133. The molecule has 0 bridgehead atoms. The lowest BCUT2D eigenvalue weighted by Gasteiger charge is -2.34. The van der Waals surface area contributed by atoms with Gasteiger partial charge in [-0.25, -0.2) is 0 Å². The summed E-state index contributed by atoms with van der Waals surface area (Å²) in [5, 5.41) is 8.74. The van der Waals surface area contributed by atoms with Gasteiger partial charge in [0.1, 0.15) is 0 Å². The molecule has 15 heavy (non-hydrogen) atoms. The Morgan fingerprint density at radius 1 is 1.00 bits per heavy atom. The van der Waals surface area contributed by atoms with Crippen LogP contribution in [0.3, 0.4) is 0 Å². The average molecular weight is 238 g/mol. The molecule has 1 atom stereocenters. The topological polar surface area (TPSA) is 20.2 Å². The van der Waals surface area contributed by atoms with Gasteiger partial charge in [0.2, 0.25) is 0 Å². The lowest BCUT2D eigenvalue weighted by Crippen LogP contribution is -2.57. The summed E-state index contributed by atoms with van der Waals surface area (Å²) in [6.07, 6.45) is -12.6. The Balaban J connectivity index is 5.06. The molecule has 0 spiro atoms. The van der Waals surface area contributed by atoms with Crippen molar-refractivity contribution >= 4 is 0 Å². The van der Waals surface area contributed by atoms with Crippen molar-refractivity contribution in [2.24, 2.45) is 5.92 Å². The summed E-state index contributed by atoms with van der Waals surface area (Å²) in [4.78, 5) is 0. The predicted molar refractivity (Wildman–Crippen MR) is 41.1 cm³/mol. The summed E-state index contributed by atoms with van der Waals surface area (Å²) in [6.45, 7) is 2.68. The van der Waals surface area contributed by atoms with Crippen LogP contribution in [0.1, 0.15) is 26.7 Å². The van der Waals surface area contributed by atoms with Crippen LogP contribution < -0.4 is 0 Å². The van der Waals surface area contributed by atoms with Crippen molar-refractivity contribution in [1.82, 2.24) is 0 Å². The van der Waals surface area contributed by atoms with Gasteiger partial charge in [0.25, 0.3) is 5.60 Å². The standard InChI is InChI=1S/C8H12F6O/c1-3-5(2)4-6(15,7(9,10)11)8(12,13)14/h5,15H,3-4H2,1-2H3/t5-/m0/s1. The molecule has 0 aromatic carbocycles. The minimum atomic E-state index is -5.70. The van der Waals surface area contributed by atoms with Crippen LogP contribution >= 0.6 is 0 Å². The van der Waals surface area contributed by atoms with Crippen LogP contribution in [0.25, 0.3) is 0 Å². The van der Waals surface area contributed by atoms with E-state index >= 15 is 0 Å². The first-order valence-electron chi connectivity index (χ1n) is 4.31. The largest absolute Gasteiger partial charge is 0.426 e. The van der Waals surface area contributed by atoms with Gasteiger partial charge >= 0.3 is 12.4 Å². The lowest BCUT2D eigenvalue weighted by molar-refractivity contribution is -0.372. The van der Waals surface area contributed by atoms with E-state index in [1.807, 2.05) is 0 Å². The smallest absolute Gasteiger partial charge is 0.374 e. The molecule has 0 aromatic rings. The van der Waals surface area contributed by atoms with Gasteiger partial charge in [-0.1, -0.05) is 20.3 Å². The summed E-state index contributed by atoms with van der Waals surface area (Å²) >= 11 is 0. The van der Waals surface area contributed by atoms with Gasteiger partial charge in [0.15, 0.2) is 0 Å². The van der Waals surface area contributed by atoms with Gasteiger partial charge in [0.05, 0.1) is 0 Å². The van der Waals surface area contributed by atoms with E-state index in [4.69, 9.17) is 5.11 Å². The molecule has 92 valence electrons. The molecule has 0 heterocycles. The molecule has 0 aliphatic carbocycles. The SMILES string of the molecule is CC[C@H](C)CC(O)(C(F)(F)F)C(F)(F)F. The molecule has 1 N–H and O–H groups in total. The molecule has 0 radical (unpaired) electrons. The van der Waals surface area contributed by atoms with Crippen molar-refractivity contribution in [3.8, 4) is 0 Å². The molecule has 0 saturated heterocycles. The summed E-state index contributed by atoms with van der Waals surface area (Å²) in [5.41, 5.74) is -4.60. The number of hydrogen-bond acceptors (Lipinski definition) is 1. The maximum atomic E-state index is 12.1. The number of hydrogen-bond donors (Lipinski definition) is 1. The second-order valence-electron chi connectivity index (χ2n) is 3.57. The van der Waals surface area contributed by atoms with Crippen molar-refractivity contribution in [3.63, 3.8) is 0 Å². The van der Waals surface area contributed by atoms with E-state index in [9.17, 15) is 26.3 Å². The van der Waals surface area contributed by atoms with Gasteiger partial charge < -0.3 is 5.11 Å². The zero-order valence-electron chi connectivity index (χ0n) is 8.21. The van der Waals surface area contributed by atoms with Gasteiger partial charge in [-0.3, -0.25) is 0 Å². The fourth-order valence-electron chi connectivity index (χ4n) is 1.04. The van der Waals surface area contributed by atoms with Crippen molar-refractivity contribution < 1.29 is 31.4 Å². The van der Waals surface area contributed by atoms with Crippen LogP contribution in [0.2, 0.25) is 0 Å². The monoisotopic (exact) mass is 238 g/mol. The Bertz CT molecular complexity index is 192. The second kappa shape index (κ2) is 4.19. The van der Waals surface area contributed by atoms with Crippen molar-refractivity contribution in [3.05, 3.63) is 0 Å². The van der Waals surface area contributed by atoms with E-state index in [1.165, 1.54) is 13.8 Å². The highest BCUT2D eigenvalue weighted by Gasteiger charge is 2.70. The highest BCUT2D eigenvalue weighted by atomic mass is 19.4. The first-order chi connectivity index (χ1) is 6.45. The maximum absolute atomic E-state index is 12.1. The highest BCUT2D eigenvalue weighted by Crippen LogP contribution is 2.46. The summed E-state index contributed by atoms with van der Waals surface area (Å²) in [7, 11) is 0. The predicted octanol–water partition coefficient (Wildman–Crippen LogP) is 3.28. The van der Waals surface area contributed by atoms with Gasteiger partial charge in [-0.15, -0.1) is 0 Å². The van der Waals surface area contributed by atoms with E-state index < -0.39 is 30.3 Å². The maximum Gasteiger partial charge on any atom is 0.426 e. The van der Waals surface area contributed by atoms with Gasteiger partial charge in [-0.2, -0.15) is 26.3 Å². The fraction of sp³-hybridized carbons (Fsp3) is 1.00. The first-order valence-corrected chi connectivity index (χ1v) is 4.31. The molecule has 0 fully saturated rings. The third-order valence-corrected chi connectivity index (χ3v) is 2.28. The Kier molecular flexibility index (Phi) is 4.06. The Morgan fingerprint density at radius 2 is 1.33 bits per heavy atom. The number of aliphatic hydroxyl groups is 1. The van der Waals surface area contributed by atoms with Crippen LogP contribution in [-0.2, 0) is 0 Å². The Labute approximate surface area is 83.1 Å². The highest BCUT2D eigenvalue weighted by molar-refractivity contribution is 4.94. The third-order valence-electron chi connectivity index (χ3n) is 2.28. The molecule has 0 aliphatic rings.